The van der Waals surface area contributed by atoms with Crippen LogP contribution in [0.1, 0.15) is 60.1 Å². The lowest BCUT2D eigenvalue weighted by Gasteiger charge is -2.41. The Kier molecular flexibility index (Phi) is 8.75. The maximum Gasteiger partial charge on any atom is 0.341 e. The molecule has 0 bridgehead atoms. The number of halogens is 2. The number of pyridine rings is 1. The average Bonchev–Trinajstić information content (AvgIpc) is 3.85. The van der Waals surface area contributed by atoms with E-state index >= 15 is 8.78 Å². The summed E-state index contributed by atoms with van der Waals surface area (Å²) in [7, 11) is 0. The molecule has 11 nitrogen and oxygen atoms in total. The Hall–Kier alpha value is -4.78. The molecule has 3 heterocycles. The molecule has 0 amide bonds. The van der Waals surface area contributed by atoms with E-state index in [1.807, 2.05) is 39.0 Å². The highest BCUT2D eigenvalue weighted by atomic mass is 19.1. The topological polar surface area (TPSA) is 133 Å². The van der Waals surface area contributed by atoms with Crippen LogP contribution in [0.2, 0.25) is 0 Å². The van der Waals surface area contributed by atoms with Crippen LogP contribution in [-0.4, -0.2) is 62.3 Å². The van der Waals surface area contributed by atoms with Gasteiger partial charge in [-0.2, -0.15) is 0 Å². The second-order valence-electron chi connectivity index (χ2n) is 12.7. The maximum absolute atomic E-state index is 16.1. The number of aromatic nitrogens is 3. The monoisotopic (exact) mass is 648 g/mol. The lowest BCUT2D eigenvalue weighted by Crippen LogP contribution is -2.52. The Labute approximate surface area is 269 Å². The van der Waals surface area contributed by atoms with E-state index in [1.54, 1.807) is 4.90 Å². The first-order chi connectivity index (χ1) is 22.4. The normalized spacial score (nSPS) is 17.0. The molecule has 0 radical (unpaired) electrons. The number of aromatic amines is 1. The molecule has 2 aliphatic rings. The van der Waals surface area contributed by atoms with Crippen molar-refractivity contribution in [3.05, 3.63) is 95.9 Å². The molecule has 1 atom stereocenters. The number of nitrogens with one attached hydrogen (secondary N) is 2. The van der Waals surface area contributed by atoms with Crippen molar-refractivity contribution >= 4 is 34.1 Å². The number of hydrogen-bond donors (Lipinski definition) is 3. The summed E-state index contributed by atoms with van der Waals surface area (Å²) in [4.78, 5) is 56.5. The number of aryl methyl sites for hydroxylation is 2. The van der Waals surface area contributed by atoms with Gasteiger partial charge in [-0.3, -0.25) is 24.0 Å². The Balaban J connectivity index is 1.09. The molecular formula is C34H38F2N6O5. The first kappa shape index (κ1) is 32.2. The number of aromatic carboxylic acids is 1. The van der Waals surface area contributed by atoms with Crippen molar-refractivity contribution in [2.75, 3.05) is 36.4 Å². The van der Waals surface area contributed by atoms with Crippen molar-refractivity contribution in [2.45, 2.75) is 65.1 Å². The van der Waals surface area contributed by atoms with E-state index in [4.69, 9.17) is 0 Å². The molecule has 1 saturated carbocycles. The molecule has 1 aliphatic carbocycles. The third-order valence-electron chi connectivity index (χ3n) is 9.32. The predicted molar refractivity (Wildman–Crippen MR) is 176 cm³/mol. The second kappa shape index (κ2) is 12.8. The minimum Gasteiger partial charge on any atom is -0.477 e. The van der Waals surface area contributed by atoms with Crippen molar-refractivity contribution < 1.29 is 18.7 Å². The van der Waals surface area contributed by atoms with E-state index in [-0.39, 0.29) is 35.2 Å². The van der Waals surface area contributed by atoms with Crippen molar-refractivity contribution in [1.82, 2.24) is 19.0 Å². The van der Waals surface area contributed by atoms with Crippen LogP contribution >= 0.6 is 0 Å². The summed E-state index contributed by atoms with van der Waals surface area (Å²) in [6.07, 6.45) is 3.91. The van der Waals surface area contributed by atoms with Gasteiger partial charge in [-0.1, -0.05) is 6.07 Å². The van der Waals surface area contributed by atoms with Gasteiger partial charge < -0.3 is 19.9 Å². The quantitative estimate of drug-likeness (QED) is 0.214. The van der Waals surface area contributed by atoms with Gasteiger partial charge in [0, 0.05) is 56.2 Å². The van der Waals surface area contributed by atoms with Crippen molar-refractivity contribution in [3.63, 3.8) is 0 Å². The Bertz CT molecular complexity index is 2020. The average molecular weight is 649 g/mol. The van der Waals surface area contributed by atoms with Gasteiger partial charge in [0.25, 0.3) is 5.56 Å². The number of H-pyrrole nitrogens is 1. The molecule has 1 saturated heterocycles. The summed E-state index contributed by atoms with van der Waals surface area (Å²) in [5.41, 5.74) is 0.439. The minimum atomic E-state index is -1.43. The van der Waals surface area contributed by atoms with Crippen LogP contribution in [0.3, 0.4) is 0 Å². The van der Waals surface area contributed by atoms with Crippen LogP contribution in [0.4, 0.5) is 26.0 Å². The standard InChI is InChI=1S/C34H38F2N6O5/c1-19-6-7-22(14-20(19)2)37-27-16-28(43)41(34(47)38-27)11-5-4-10-39-12-13-40(17-21(39)3)31-26(35)15-24-30(29(31)36)42(23-8-9-23)18-25(32(24)44)33(45)46/h6-7,14-16,18,21,23,37H,4-5,8-13,17H2,1-3H3,(H,38,47)(H,45,46)/t21-/m0/s1. The van der Waals surface area contributed by atoms with E-state index in [2.05, 4.69) is 15.2 Å². The SMILES string of the molecule is Cc1ccc(Nc2cc(=O)n(CCCCN3CCN(c4c(F)cc5c(=O)c(C(=O)O)cn(C6CC6)c5c4F)C[C@@H]3C)c(=O)[nH]2)cc1C. The van der Waals surface area contributed by atoms with Gasteiger partial charge in [-0.15, -0.1) is 0 Å². The fourth-order valence-corrected chi connectivity index (χ4v) is 6.40. The summed E-state index contributed by atoms with van der Waals surface area (Å²) in [5, 5.41) is 12.3. The van der Waals surface area contributed by atoms with Gasteiger partial charge in [0.2, 0.25) is 5.43 Å². The molecule has 3 N–H and O–H groups in total. The van der Waals surface area contributed by atoms with E-state index in [0.717, 1.165) is 35.7 Å². The lowest BCUT2D eigenvalue weighted by molar-refractivity contribution is 0.0694. The number of rotatable bonds is 10. The molecule has 2 fully saturated rings. The molecule has 2 aromatic carbocycles. The number of fused-ring (bicyclic) bond motifs is 1. The summed E-state index contributed by atoms with van der Waals surface area (Å²) in [6, 6.07) is 7.94. The van der Waals surface area contributed by atoms with Crippen LogP contribution < -0.4 is 26.9 Å². The largest absolute Gasteiger partial charge is 0.477 e. The molecule has 248 valence electrons. The van der Waals surface area contributed by atoms with Gasteiger partial charge in [-0.25, -0.2) is 18.4 Å². The molecule has 0 spiro atoms. The molecule has 0 unspecified atom stereocenters. The zero-order valence-electron chi connectivity index (χ0n) is 26.6. The number of nitrogens with zero attached hydrogens (tertiary/aromatic N) is 4. The molecule has 1 aliphatic heterocycles. The first-order valence-corrected chi connectivity index (χ1v) is 15.9. The molecule has 4 aromatic rings. The zero-order valence-corrected chi connectivity index (χ0v) is 26.6. The summed E-state index contributed by atoms with van der Waals surface area (Å²) < 4.78 is 34.2. The number of piperazine rings is 1. The van der Waals surface area contributed by atoms with Crippen molar-refractivity contribution in [2.24, 2.45) is 0 Å². The van der Waals surface area contributed by atoms with Crippen molar-refractivity contribution in [3.8, 4) is 0 Å². The molecule has 2 aromatic heterocycles. The van der Waals surface area contributed by atoms with Gasteiger partial charge >= 0.3 is 11.7 Å². The summed E-state index contributed by atoms with van der Waals surface area (Å²) >= 11 is 0. The Morgan fingerprint density at radius 1 is 1.02 bits per heavy atom. The highest BCUT2D eigenvalue weighted by Gasteiger charge is 2.33. The van der Waals surface area contributed by atoms with Crippen molar-refractivity contribution in [1.29, 1.82) is 0 Å². The number of carbonyl (C=O) groups is 1. The van der Waals surface area contributed by atoms with Crippen LogP contribution in [-0.2, 0) is 6.54 Å². The number of anilines is 3. The lowest BCUT2D eigenvalue weighted by atomic mass is 10.1. The highest BCUT2D eigenvalue weighted by Crippen LogP contribution is 2.40. The smallest absolute Gasteiger partial charge is 0.341 e. The molecular weight excluding hydrogens is 610 g/mol. The molecule has 13 heteroatoms. The number of hydrogen-bond acceptors (Lipinski definition) is 7. The van der Waals surface area contributed by atoms with Gasteiger partial charge in [0.05, 0.1) is 10.9 Å². The van der Waals surface area contributed by atoms with Crippen LogP contribution in [0.5, 0.6) is 0 Å². The van der Waals surface area contributed by atoms with Crippen LogP contribution in [0, 0.1) is 25.5 Å². The van der Waals surface area contributed by atoms with E-state index in [9.17, 15) is 24.3 Å². The maximum atomic E-state index is 16.1. The Morgan fingerprint density at radius 2 is 1.77 bits per heavy atom. The number of benzene rings is 2. The van der Waals surface area contributed by atoms with Crippen LogP contribution in [0.25, 0.3) is 10.9 Å². The fraction of sp³-hybridized carbons (Fsp3) is 0.412. The van der Waals surface area contributed by atoms with Gasteiger partial charge in [0.15, 0.2) is 5.82 Å². The summed E-state index contributed by atoms with van der Waals surface area (Å²) in [6.45, 7) is 8.12. The number of carboxylic acids is 1. The van der Waals surface area contributed by atoms with E-state index < -0.39 is 39.8 Å². The predicted octanol–water partition coefficient (Wildman–Crippen LogP) is 4.51. The van der Waals surface area contributed by atoms with E-state index in [0.29, 0.717) is 44.8 Å². The van der Waals surface area contributed by atoms with Gasteiger partial charge in [0.1, 0.15) is 22.9 Å². The number of carboxylic acid groups (broad SMARTS) is 1. The zero-order chi connectivity index (χ0) is 33.6. The second-order valence-corrected chi connectivity index (χ2v) is 12.7. The third-order valence-corrected chi connectivity index (χ3v) is 9.32. The van der Waals surface area contributed by atoms with E-state index in [1.165, 1.54) is 21.4 Å². The molecule has 47 heavy (non-hydrogen) atoms. The van der Waals surface area contributed by atoms with Gasteiger partial charge in [-0.05, 0) is 82.3 Å². The van der Waals surface area contributed by atoms with Crippen LogP contribution in [0.15, 0.2) is 50.9 Å². The Morgan fingerprint density at radius 3 is 2.43 bits per heavy atom. The minimum absolute atomic E-state index is 0.0554. The number of unbranched alkanes of at least 4 members (excludes halogenated alkanes) is 1. The first-order valence-electron chi connectivity index (χ1n) is 15.9. The highest BCUT2D eigenvalue weighted by molar-refractivity contribution is 5.94. The molecule has 6 rings (SSSR count). The third kappa shape index (κ3) is 6.44. The fourth-order valence-electron chi connectivity index (χ4n) is 6.40. The summed E-state index contributed by atoms with van der Waals surface area (Å²) in [5.74, 6) is -2.86.